The molecule has 0 bridgehead atoms. The standard InChI is InChI=1S/C13H21NO3S/c15-11(10-5-8-18-9-10)14-13(12(16)17)6-3-1-2-4-7-13/h10H,1-9H2,(H,14,15)(H,16,17). The number of nitrogens with one attached hydrogen (secondary N) is 1. The van der Waals surface area contributed by atoms with Crippen molar-refractivity contribution in [1.82, 2.24) is 5.32 Å². The first kappa shape index (κ1) is 13.7. The van der Waals surface area contributed by atoms with Gasteiger partial charge in [0.25, 0.3) is 0 Å². The highest BCUT2D eigenvalue weighted by Crippen LogP contribution is 2.29. The monoisotopic (exact) mass is 271 g/mol. The number of carboxylic acids is 1. The molecule has 1 aliphatic carbocycles. The molecule has 0 aromatic heterocycles. The Labute approximate surface area is 112 Å². The number of hydrogen-bond donors (Lipinski definition) is 2. The molecule has 1 amide bonds. The van der Waals surface area contributed by atoms with E-state index in [1.165, 1.54) is 0 Å². The van der Waals surface area contributed by atoms with Crippen LogP contribution in [0, 0.1) is 5.92 Å². The largest absolute Gasteiger partial charge is 0.480 e. The molecule has 1 saturated carbocycles. The van der Waals surface area contributed by atoms with E-state index in [2.05, 4.69) is 5.32 Å². The molecular weight excluding hydrogens is 250 g/mol. The fourth-order valence-electron chi connectivity index (χ4n) is 2.80. The third kappa shape index (κ3) is 2.99. The van der Waals surface area contributed by atoms with Crippen LogP contribution in [0.15, 0.2) is 0 Å². The maximum atomic E-state index is 12.1. The number of aliphatic carboxylic acids is 1. The third-order valence-electron chi connectivity index (χ3n) is 4.03. The van der Waals surface area contributed by atoms with Crippen molar-refractivity contribution >= 4 is 23.6 Å². The first-order valence-corrected chi connectivity index (χ1v) is 7.93. The van der Waals surface area contributed by atoms with Gasteiger partial charge < -0.3 is 10.4 Å². The summed E-state index contributed by atoms with van der Waals surface area (Å²) >= 11 is 1.78. The number of hydrogen-bond acceptors (Lipinski definition) is 3. The summed E-state index contributed by atoms with van der Waals surface area (Å²) in [6.45, 7) is 0. The van der Waals surface area contributed by atoms with Crippen LogP contribution in [0.1, 0.15) is 44.9 Å². The Morgan fingerprint density at radius 2 is 1.83 bits per heavy atom. The second-order valence-corrected chi connectivity index (χ2v) is 6.50. The van der Waals surface area contributed by atoms with Gasteiger partial charge in [0.2, 0.25) is 5.91 Å². The molecule has 18 heavy (non-hydrogen) atoms. The van der Waals surface area contributed by atoms with Crippen molar-refractivity contribution in [2.45, 2.75) is 50.5 Å². The maximum absolute atomic E-state index is 12.1. The molecule has 1 heterocycles. The lowest BCUT2D eigenvalue weighted by molar-refractivity contribution is -0.149. The summed E-state index contributed by atoms with van der Waals surface area (Å²) in [6.07, 6.45) is 5.97. The summed E-state index contributed by atoms with van der Waals surface area (Å²) in [6, 6.07) is 0. The lowest BCUT2D eigenvalue weighted by atomic mass is 9.89. The average molecular weight is 271 g/mol. The predicted molar refractivity (Wildman–Crippen MR) is 71.6 cm³/mol. The van der Waals surface area contributed by atoms with Gasteiger partial charge in [-0.05, 0) is 25.0 Å². The van der Waals surface area contributed by atoms with Crippen LogP contribution in [0.5, 0.6) is 0 Å². The maximum Gasteiger partial charge on any atom is 0.329 e. The molecule has 2 fully saturated rings. The van der Waals surface area contributed by atoms with Gasteiger partial charge in [0.15, 0.2) is 0 Å². The first-order chi connectivity index (χ1) is 8.64. The summed E-state index contributed by atoms with van der Waals surface area (Å²) in [4.78, 5) is 23.7. The van der Waals surface area contributed by atoms with E-state index in [0.717, 1.165) is 43.6 Å². The zero-order valence-electron chi connectivity index (χ0n) is 10.6. The molecule has 4 nitrogen and oxygen atoms in total. The van der Waals surface area contributed by atoms with Crippen LogP contribution in [-0.4, -0.2) is 34.0 Å². The fraction of sp³-hybridized carbons (Fsp3) is 0.846. The molecular formula is C13H21NO3S. The Balaban J connectivity index is 2.04. The second-order valence-electron chi connectivity index (χ2n) is 5.35. The van der Waals surface area contributed by atoms with Gasteiger partial charge in [-0.3, -0.25) is 4.79 Å². The van der Waals surface area contributed by atoms with Crippen LogP contribution in [0.25, 0.3) is 0 Å². The molecule has 2 N–H and O–H groups in total. The molecule has 2 rings (SSSR count). The van der Waals surface area contributed by atoms with E-state index in [1.54, 1.807) is 11.8 Å². The van der Waals surface area contributed by atoms with Crippen molar-refractivity contribution in [3.63, 3.8) is 0 Å². The van der Waals surface area contributed by atoms with Gasteiger partial charge in [-0.2, -0.15) is 11.8 Å². The molecule has 0 spiro atoms. The van der Waals surface area contributed by atoms with Crippen molar-refractivity contribution in [3.05, 3.63) is 0 Å². The summed E-state index contributed by atoms with van der Waals surface area (Å²) in [5.41, 5.74) is -0.999. The third-order valence-corrected chi connectivity index (χ3v) is 5.19. The van der Waals surface area contributed by atoms with E-state index in [4.69, 9.17) is 0 Å². The number of carboxylic acid groups (broad SMARTS) is 1. The molecule has 0 radical (unpaired) electrons. The minimum absolute atomic E-state index is 0.00878. The van der Waals surface area contributed by atoms with Gasteiger partial charge in [0.1, 0.15) is 5.54 Å². The van der Waals surface area contributed by atoms with E-state index in [1.807, 2.05) is 0 Å². The number of thioether (sulfide) groups is 1. The van der Waals surface area contributed by atoms with Gasteiger partial charge in [-0.15, -0.1) is 0 Å². The van der Waals surface area contributed by atoms with Crippen molar-refractivity contribution < 1.29 is 14.7 Å². The second kappa shape index (κ2) is 5.95. The normalized spacial score (nSPS) is 27.4. The van der Waals surface area contributed by atoms with Crippen molar-refractivity contribution in [3.8, 4) is 0 Å². The summed E-state index contributed by atoms with van der Waals surface area (Å²) in [5, 5.41) is 12.3. The van der Waals surface area contributed by atoms with E-state index in [-0.39, 0.29) is 11.8 Å². The molecule has 5 heteroatoms. The van der Waals surface area contributed by atoms with Crippen LogP contribution < -0.4 is 5.32 Å². The number of rotatable bonds is 3. The van der Waals surface area contributed by atoms with Gasteiger partial charge in [0, 0.05) is 11.7 Å². The van der Waals surface area contributed by atoms with E-state index >= 15 is 0 Å². The summed E-state index contributed by atoms with van der Waals surface area (Å²) in [5.74, 6) is 0.946. The molecule has 102 valence electrons. The van der Waals surface area contributed by atoms with Gasteiger partial charge in [0.05, 0.1) is 0 Å². The van der Waals surface area contributed by atoms with Crippen molar-refractivity contribution in [2.75, 3.05) is 11.5 Å². The topological polar surface area (TPSA) is 66.4 Å². The summed E-state index contributed by atoms with van der Waals surface area (Å²) in [7, 11) is 0. The SMILES string of the molecule is O=C(NC1(C(=O)O)CCCCCC1)C1CCSC1. The van der Waals surface area contributed by atoms with Gasteiger partial charge in [-0.25, -0.2) is 4.79 Å². The number of amides is 1. The highest BCUT2D eigenvalue weighted by atomic mass is 32.2. The number of carbonyl (C=O) groups is 2. The minimum Gasteiger partial charge on any atom is -0.480 e. The lowest BCUT2D eigenvalue weighted by Gasteiger charge is -2.30. The van der Waals surface area contributed by atoms with E-state index in [0.29, 0.717) is 12.8 Å². The Kier molecular flexibility index (Phi) is 4.54. The number of carbonyl (C=O) groups excluding carboxylic acids is 1. The highest BCUT2D eigenvalue weighted by molar-refractivity contribution is 7.99. The predicted octanol–water partition coefficient (Wildman–Crippen LogP) is 2.03. The van der Waals surface area contributed by atoms with Crippen LogP contribution >= 0.6 is 11.8 Å². The molecule has 1 atom stereocenters. The van der Waals surface area contributed by atoms with E-state index in [9.17, 15) is 14.7 Å². The molecule has 0 aromatic rings. The Morgan fingerprint density at radius 1 is 1.17 bits per heavy atom. The fourth-order valence-corrected chi connectivity index (χ4v) is 4.02. The van der Waals surface area contributed by atoms with Gasteiger partial charge in [-0.1, -0.05) is 25.7 Å². The van der Waals surface area contributed by atoms with Crippen LogP contribution in [-0.2, 0) is 9.59 Å². The lowest BCUT2D eigenvalue weighted by Crippen LogP contribution is -2.55. The molecule has 2 aliphatic rings. The molecule has 1 aliphatic heterocycles. The smallest absolute Gasteiger partial charge is 0.329 e. The molecule has 0 aromatic carbocycles. The van der Waals surface area contributed by atoms with Crippen molar-refractivity contribution in [1.29, 1.82) is 0 Å². The zero-order valence-corrected chi connectivity index (χ0v) is 11.4. The van der Waals surface area contributed by atoms with Gasteiger partial charge >= 0.3 is 5.97 Å². The quantitative estimate of drug-likeness (QED) is 0.771. The molecule has 1 unspecified atom stereocenters. The average Bonchev–Trinajstić information content (AvgIpc) is 2.77. The zero-order chi connectivity index (χ0) is 13.0. The van der Waals surface area contributed by atoms with Crippen LogP contribution in [0.2, 0.25) is 0 Å². The van der Waals surface area contributed by atoms with Crippen LogP contribution in [0.4, 0.5) is 0 Å². The first-order valence-electron chi connectivity index (χ1n) is 6.77. The summed E-state index contributed by atoms with van der Waals surface area (Å²) < 4.78 is 0. The molecule has 1 saturated heterocycles. The minimum atomic E-state index is -0.999. The Hall–Kier alpha value is -0.710. The highest BCUT2D eigenvalue weighted by Gasteiger charge is 2.41. The van der Waals surface area contributed by atoms with Crippen molar-refractivity contribution in [2.24, 2.45) is 5.92 Å². The Bertz CT molecular complexity index is 318. The van der Waals surface area contributed by atoms with E-state index < -0.39 is 11.5 Å². The van der Waals surface area contributed by atoms with Crippen LogP contribution in [0.3, 0.4) is 0 Å². The Morgan fingerprint density at radius 3 is 2.33 bits per heavy atom.